The molecule has 3 nitrogen and oxygen atoms in total. The van der Waals surface area contributed by atoms with E-state index in [4.69, 9.17) is 23.2 Å². The van der Waals surface area contributed by atoms with Gasteiger partial charge in [0.1, 0.15) is 5.15 Å². The number of aromatic nitrogens is 1. The molecule has 0 unspecified atom stereocenters. The molecule has 1 heterocycles. The van der Waals surface area contributed by atoms with Crippen LogP contribution in [-0.4, -0.2) is 19.2 Å². The van der Waals surface area contributed by atoms with Crippen molar-refractivity contribution in [3.05, 3.63) is 22.4 Å². The first-order valence-electron chi connectivity index (χ1n) is 3.51. The highest BCUT2D eigenvalue weighted by atomic mass is 35.5. The predicted molar refractivity (Wildman–Crippen MR) is 52.0 cm³/mol. The highest BCUT2D eigenvalue weighted by Gasteiger charge is 2.13. The lowest BCUT2D eigenvalue weighted by atomic mass is 10.5. The lowest BCUT2D eigenvalue weighted by molar-refractivity contribution is 0.597. The molecule has 0 saturated heterocycles. The minimum Gasteiger partial charge on any atom is -0.242 e. The van der Waals surface area contributed by atoms with Crippen molar-refractivity contribution in [1.82, 2.24) is 4.98 Å². The first kappa shape index (κ1) is 10.8. The summed E-state index contributed by atoms with van der Waals surface area (Å²) in [4.78, 5) is 3.75. The van der Waals surface area contributed by atoms with Gasteiger partial charge in [-0.05, 0) is 6.07 Å². The third-order valence-electron chi connectivity index (χ3n) is 1.51. The summed E-state index contributed by atoms with van der Waals surface area (Å²) < 4.78 is 22.6. The summed E-state index contributed by atoms with van der Waals surface area (Å²) in [5.74, 6) is 0.0205. The van der Waals surface area contributed by atoms with E-state index in [2.05, 4.69) is 4.98 Å². The van der Waals surface area contributed by atoms with Crippen molar-refractivity contribution in [3.8, 4) is 0 Å². The molecule has 1 aromatic rings. The van der Waals surface area contributed by atoms with Crippen LogP contribution in [0.4, 0.5) is 0 Å². The molecule has 13 heavy (non-hydrogen) atoms. The first-order chi connectivity index (χ1) is 5.97. The number of hydrogen-bond donors (Lipinski definition) is 0. The van der Waals surface area contributed by atoms with Crippen molar-refractivity contribution in [1.29, 1.82) is 0 Å². The van der Waals surface area contributed by atoms with Crippen molar-refractivity contribution in [2.75, 3.05) is 5.75 Å². The number of sulfone groups is 1. The van der Waals surface area contributed by atoms with E-state index in [1.54, 1.807) is 6.92 Å². The van der Waals surface area contributed by atoms with Gasteiger partial charge in [0, 0.05) is 6.20 Å². The standard InChI is InChI=1S/C7H7Cl2NO2S/c1-2-13(11,12)5-3-6(8)7(9)10-4-5/h3-4H,2H2,1H3. The molecule has 0 aliphatic carbocycles. The van der Waals surface area contributed by atoms with Crippen LogP contribution in [0, 0.1) is 0 Å². The molecule has 72 valence electrons. The highest BCUT2D eigenvalue weighted by Crippen LogP contribution is 2.22. The van der Waals surface area contributed by atoms with Gasteiger partial charge >= 0.3 is 0 Å². The Morgan fingerprint density at radius 3 is 2.54 bits per heavy atom. The summed E-state index contributed by atoms with van der Waals surface area (Å²) in [5.41, 5.74) is 0. The fourth-order valence-corrected chi connectivity index (χ4v) is 1.92. The van der Waals surface area contributed by atoms with E-state index < -0.39 is 9.84 Å². The van der Waals surface area contributed by atoms with Gasteiger partial charge in [-0.15, -0.1) is 0 Å². The van der Waals surface area contributed by atoms with E-state index in [1.807, 2.05) is 0 Å². The second-order valence-electron chi connectivity index (χ2n) is 2.35. The number of rotatable bonds is 2. The Hall–Kier alpha value is -0.320. The monoisotopic (exact) mass is 239 g/mol. The van der Waals surface area contributed by atoms with Gasteiger partial charge in [0.25, 0.3) is 0 Å². The smallest absolute Gasteiger partial charge is 0.179 e. The molecule has 0 N–H and O–H groups in total. The maximum Gasteiger partial charge on any atom is 0.179 e. The van der Waals surface area contributed by atoms with Crippen LogP contribution in [0.1, 0.15) is 6.92 Å². The van der Waals surface area contributed by atoms with E-state index in [1.165, 1.54) is 12.3 Å². The van der Waals surface area contributed by atoms with Crippen molar-refractivity contribution in [2.24, 2.45) is 0 Å². The highest BCUT2D eigenvalue weighted by molar-refractivity contribution is 7.91. The SMILES string of the molecule is CCS(=O)(=O)c1cnc(Cl)c(Cl)c1. The fraction of sp³-hybridized carbons (Fsp3) is 0.286. The molecule has 0 bridgehead atoms. The van der Waals surface area contributed by atoms with E-state index in [9.17, 15) is 8.42 Å². The number of pyridine rings is 1. The fourth-order valence-electron chi connectivity index (χ4n) is 0.740. The maximum atomic E-state index is 11.3. The van der Waals surface area contributed by atoms with Gasteiger partial charge in [-0.25, -0.2) is 13.4 Å². The Labute approximate surface area is 86.6 Å². The van der Waals surface area contributed by atoms with Crippen molar-refractivity contribution in [2.45, 2.75) is 11.8 Å². The molecule has 0 fully saturated rings. The van der Waals surface area contributed by atoms with Crippen LogP contribution in [-0.2, 0) is 9.84 Å². The van der Waals surface area contributed by atoms with Crippen molar-refractivity contribution >= 4 is 33.0 Å². The zero-order chi connectivity index (χ0) is 10.1. The summed E-state index contributed by atoms with van der Waals surface area (Å²) in [6, 6.07) is 1.30. The second kappa shape index (κ2) is 3.82. The van der Waals surface area contributed by atoms with Crippen molar-refractivity contribution in [3.63, 3.8) is 0 Å². The minimum atomic E-state index is -3.24. The van der Waals surface area contributed by atoms with Gasteiger partial charge in [-0.2, -0.15) is 0 Å². The molecule has 0 spiro atoms. The Kier molecular flexibility index (Phi) is 3.16. The molecule has 6 heteroatoms. The third kappa shape index (κ3) is 2.33. The molecule has 0 atom stereocenters. The van der Waals surface area contributed by atoms with Crippen molar-refractivity contribution < 1.29 is 8.42 Å². The average molecular weight is 240 g/mol. The van der Waals surface area contributed by atoms with Crippen LogP contribution in [0.2, 0.25) is 10.2 Å². The summed E-state index contributed by atoms with van der Waals surface area (Å²) >= 11 is 11.2. The largest absolute Gasteiger partial charge is 0.242 e. The van der Waals surface area contributed by atoms with Gasteiger partial charge in [-0.1, -0.05) is 30.1 Å². The average Bonchev–Trinajstić information content (AvgIpc) is 2.09. The number of halogens is 2. The first-order valence-corrected chi connectivity index (χ1v) is 5.92. The molecular formula is C7H7Cl2NO2S. The number of hydrogen-bond acceptors (Lipinski definition) is 3. The number of nitrogens with zero attached hydrogens (tertiary/aromatic N) is 1. The predicted octanol–water partition coefficient (Wildman–Crippen LogP) is 2.18. The van der Waals surface area contributed by atoms with Gasteiger partial charge in [-0.3, -0.25) is 0 Å². The molecule has 1 aromatic heterocycles. The lowest BCUT2D eigenvalue weighted by Gasteiger charge is -2.01. The van der Waals surface area contributed by atoms with Gasteiger partial charge < -0.3 is 0 Å². The van der Waals surface area contributed by atoms with Crippen LogP contribution in [0.3, 0.4) is 0 Å². The lowest BCUT2D eigenvalue weighted by Crippen LogP contribution is -2.04. The van der Waals surface area contributed by atoms with Gasteiger partial charge in [0.15, 0.2) is 9.84 Å². The Morgan fingerprint density at radius 1 is 1.46 bits per heavy atom. The molecule has 1 rings (SSSR count). The summed E-state index contributed by atoms with van der Waals surface area (Å²) in [5, 5.41) is 0.257. The maximum absolute atomic E-state index is 11.3. The molecule has 0 aliphatic rings. The minimum absolute atomic E-state index is 0.0205. The zero-order valence-electron chi connectivity index (χ0n) is 6.79. The second-order valence-corrected chi connectivity index (χ2v) is 5.39. The van der Waals surface area contributed by atoms with E-state index >= 15 is 0 Å². The van der Waals surface area contributed by atoms with Crippen LogP contribution >= 0.6 is 23.2 Å². The summed E-state index contributed by atoms with van der Waals surface area (Å²) in [7, 11) is -3.24. The van der Waals surface area contributed by atoms with E-state index in [0.717, 1.165) is 0 Å². The van der Waals surface area contributed by atoms with Crippen LogP contribution in [0.25, 0.3) is 0 Å². The molecule has 0 aromatic carbocycles. The molecular weight excluding hydrogens is 233 g/mol. The zero-order valence-corrected chi connectivity index (χ0v) is 9.12. The Morgan fingerprint density at radius 2 is 2.08 bits per heavy atom. The summed E-state index contributed by atoms with van der Waals surface area (Å²) in [6.07, 6.45) is 1.20. The Balaban J connectivity index is 3.27. The third-order valence-corrected chi connectivity index (χ3v) is 3.90. The van der Waals surface area contributed by atoms with Crippen LogP contribution in [0.15, 0.2) is 17.2 Å². The van der Waals surface area contributed by atoms with Crippen LogP contribution in [0.5, 0.6) is 0 Å². The van der Waals surface area contributed by atoms with E-state index in [-0.39, 0.29) is 20.8 Å². The molecule has 0 saturated carbocycles. The molecule has 0 amide bonds. The normalized spacial score (nSPS) is 11.6. The molecule has 0 radical (unpaired) electrons. The van der Waals surface area contributed by atoms with Gasteiger partial charge in [0.05, 0.1) is 15.7 Å². The summed E-state index contributed by atoms with van der Waals surface area (Å²) in [6.45, 7) is 1.55. The van der Waals surface area contributed by atoms with Crippen LogP contribution < -0.4 is 0 Å². The van der Waals surface area contributed by atoms with E-state index in [0.29, 0.717) is 0 Å². The molecule has 0 aliphatic heterocycles. The quantitative estimate of drug-likeness (QED) is 0.744. The Bertz CT molecular complexity index is 417. The van der Waals surface area contributed by atoms with Gasteiger partial charge in [0.2, 0.25) is 0 Å². The topological polar surface area (TPSA) is 47.0 Å².